The van der Waals surface area contributed by atoms with E-state index in [4.69, 9.17) is 5.73 Å². The molecule has 1 rings (SSSR count). The highest BCUT2D eigenvalue weighted by Crippen LogP contribution is 2.26. The largest absolute Gasteiger partial charge is 0.324 e. The van der Waals surface area contributed by atoms with E-state index in [0.717, 1.165) is 0 Å². The average molecular weight is 150 g/mol. The number of piperidine rings is 1. The molecule has 1 saturated heterocycles. The van der Waals surface area contributed by atoms with Gasteiger partial charge >= 0.3 is 0 Å². The zero-order valence-electron chi connectivity index (χ0n) is 5.95. The molecule has 0 aromatic carbocycles. The van der Waals surface area contributed by atoms with Crippen molar-refractivity contribution in [1.82, 2.24) is 5.32 Å². The molecule has 1 aliphatic rings. The number of nitrogens with two attached hydrogens (primary N) is 1. The third-order valence-electron chi connectivity index (χ3n) is 1.57. The predicted octanol–water partition coefficient (Wildman–Crippen LogP) is 0.332. The molecule has 1 heterocycles. The Morgan fingerprint density at radius 2 is 2.00 bits per heavy atom. The number of hydrogen-bond donors (Lipinski definition) is 2. The smallest absolute Gasteiger partial charge is 0.262 e. The van der Waals surface area contributed by atoms with Crippen molar-refractivity contribution in [3.63, 3.8) is 0 Å². The van der Waals surface area contributed by atoms with Crippen molar-refractivity contribution in [2.75, 3.05) is 13.1 Å². The number of rotatable bonds is 0. The number of halogens is 2. The summed E-state index contributed by atoms with van der Waals surface area (Å²) in [5, 5.41) is 2.59. The third kappa shape index (κ3) is 1.88. The maximum absolute atomic E-state index is 12.6. The molecule has 0 aromatic heterocycles. The predicted molar refractivity (Wildman–Crippen MR) is 35.0 cm³/mol. The second-order valence-electron chi connectivity index (χ2n) is 3.29. The Hall–Kier alpha value is -0.220. The standard InChI is InChI=1S/C6H12F2N2/c1-5(9)2-6(7,8)4-10-3-5/h10H,2-4,9H2,1H3/t5-/m1/s1. The van der Waals surface area contributed by atoms with E-state index >= 15 is 0 Å². The van der Waals surface area contributed by atoms with Gasteiger partial charge in [0.05, 0.1) is 6.54 Å². The van der Waals surface area contributed by atoms with Crippen molar-refractivity contribution in [3.05, 3.63) is 0 Å². The van der Waals surface area contributed by atoms with Crippen LogP contribution in [-0.2, 0) is 0 Å². The first-order chi connectivity index (χ1) is 4.41. The summed E-state index contributed by atoms with van der Waals surface area (Å²) in [4.78, 5) is 0. The zero-order valence-corrected chi connectivity index (χ0v) is 5.95. The molecule has 4 heteroatoms. The Morgan fingerprint density at radius 3 is 2.30 bits per heavy atom. The SMILES string of the molecule is C[C@]1(N)CNCC(F)(F)C1. The van der Waals surface area contributed by atoms with Crippen molar-refractivity contribution in [2.45, 2.75) is 24.8 Å². The van der Waals surface area contributed by atoms with E-state index in [-0.39, 0.29) is 13.0 Å². The van der Waals surface area contributed by atoms with Crippen molar-refractivity contribution in [2.24, 2.45) is 5.73 Å². The molecule has 0 amide bonds. The van der Waals surface area contributed by atoms with Crippen LogP contribution in [0.5, 0.6) is 0 Å². The van der Waals surface area contributed by atoms with Crippen molar-refractivity contribution in [3.8, 4) is 0 Å². The van der Waals surface area contributed by atoms with E-state index in [1.807, 2.05) is 0 Å². The van der Waals surface area contributed by atoms with Gasteiger partial charge in [-0.15, -0.1) is 0 Å². The van der Waals surface area contributed by atoms with Gasteiger partial charge in [-0.05, 0) is 6.92 Å². The lowest BCUT2D eigenvalue weighted by molar-refractivity contribution is -0.0426. The van der Waals surface area contributed by atoms with Crippen molar-refractivity contribution >= 4 is 0 Å². The summed E-state index contributed by atoms with van der Waals surface area (Å²) in [5.41, 5.74) is 4.76. The summed E-state index contributed by atoms with van der Waals surface area (Å²) in [6.07, 6.45) is -0.215. The molecule has 0 bridgehead atoms. The van der Waals surface area contributed by atoms with Crippen LogP contribution in [-0.4, -0.2) is 24.6 Å². The minimum absolute atomic E-state index is 0.215. The van der Waals surface area contributed by atoms with Crippen LogP contribution in [0, 0.1) is 0 Å². The van der Waals surface area contributed by atoms with E-state index in [2.05, 4.69) is 5.32 Å². The lowest BCUT2D eigenvalue weighted by atomic mass is 9.91. The second-order valence-corrected chi connectivity index (χ2v) is 3.29. The summed E-state index contributed by atoms with van der Waals surface area (Å²) < 4.78 is 25.1. The van der Waals surface area contributed by atoms with Gasteiger partial charge < -0.3 is 11.1 Å². The van der Waals surface area contributed by atoms with Gasteiger partial charge in [-0.2, -0.15) is 0 Å². The van der Waals surface area contributed by atoms with E-state index in [0.29, 0.717) is 6.54 Å². The van der Waals surface area contributed by atoms with Gasteiger partial charge in [0.2, 0.25) is 0 Å². The topological polar surface area (TPSA) is 38.0 Å². The van der Waals surface area contributed by atoms with Gasteiger partial charge in [0.1, 0.15) is 0 Å². The highest BCUT2D eigenvalue weighted by Gasteiger charge is 2.40. The van der Waals surface area contributed by atoms with E-state index < -0.39 is 11.5 Å². The highest BCUT2D eigenvalue weighted by atomic mass is 19.3. The fourth-order valence-electron chi connectivity index (χ4n) is 1.25. The maximum atomic E-state index is 12.6. The fourth-order valence-corrected chi connectivity index (χ4v) is 1.25. The Labute approximate surface area is 58.8 Å². The number of nitrogens with one attached hydrogen (secondary N) is 1. The molecule has 0 radical (unpaired) electrons. The third-order valence-corrected chi connectivity index (χ3v) is 1.57. The lowest BCUT2D eigenvalue weighted by Gasteiger charge is -2.35. The van der Waals surface area contributed by atoms with Crippen LogP contribution < -0.4 is 11.1 Å². The van der Waals surface area contributed by atoms with Crippen LogP contribution in [0.3, 0.4) is 0 Å². The van der Waals surface area contributed by atoms with E-state index in [1.165, 1.54) is 0 Å². The molecule has 1 fully saturated rings. The molecule has 10 heavy (non-hydrogen) atoms. The Morgan fingerprint density at radius 1 is 1.40 bits per heavy atom. The monoisotopic (exact) mass is 150 g/mol. The van der Waals surface area contributed by atoms with Crippen LogP contribution in [0.4, 0.5) is 8.78 Å². The van der Waals surface area contributed by atoms with Crippen LogP contribution in [0.2, 0.25) is 0 Å². The molecule has 60 valence electrons. The molecule has 0 aliphatic carbocycles. The van der Waals surface area contributed by atoms with Gasteiger partial charge in [-0.3, -0.25) is 0 Å². The molecular formula is C6H12F2N2. The number of alkyl halides is 2. The van der Waals surface area contributed by atoms with Gasteiger partial charge in [0.15, 0.2) is 0 Å². The van der Waals surface area contributed by atoms with E-state index in [9.17, 15) is 8.78 Å². The first-order valence-electron chi connectivity index (χ1n) is 3.29. The summed E-state index contributed by atoms with van der Waals surface area (Å²) in [6.45, 7) is 1.87. The summed E-state index contributed by atoms with van der Waals surface area (Å²) >= 11 is 0. The Balaban J connectivity index is 2.56. The molecule has 3 N–H and O–H groups in total. The number of hydrogen-bond acceptors (Lipinski definition) is 2. The molecule has 1 atom stereocenters. The molecule has 0 unspecified atom stereocenters. The minimum Gasteiger partial charge on any atom is -0.324 e. The van der Waals surface area contributed by atoms with Crippen LogP contribution in [0.15, 0.2) is 0 Å². The molecule has 2 nitrogen and oxygen atoms in total. The van der Waals surface area contributed by atoms with Crippen molar-refractivity contribution < 1.29 is 8.78 Å². The normalized spacial score (nSPS) is 39.6. The van der Waals surface area contributed by atoms with Crippen LogP contribution >= 0.6 is 0 Å². The second kappa shape index (κ2) is 2.13. The molecule has 0 aromatic rings. The molecule has 0 saturated carbocycles. The summed E-state index contributed by atoms with van der Waals surface area (Å²) in [6, 6.07) is 0. The van der Waals surface area contributed by atoms with Crippen LogP contribution in [0.25, 0.3) is 0 Å². The van der Waals surface area contributed by atoms with E-state index in [1.54, 1.807) is 6.92 Å². The molecule has 1 aliphatic heterocycles. The van der Waals surface area contributed by atoms with Gasteiger partial charge in [0, 0.05) is 18.5 Å². The average Bonchev–Trinajstić information content (AvgIpc) is 1.56. The summed E-state index contributed by atoms with van der Waals surface area (Å²) in [7, 11) is 0. The first-order valence-corrected chi connectivity index (χ1v) is 3.29. The van der Waals surface area contributed by atoms with Gasteiger partial charge in [0.25, 0.3) is 5.92 Å². The quantitative estimate of drug-likeness (QED) is 0.522. The first kappa shape index (κ1) is 7.88. The fraction of sp³-hybridized carbons (Fsp3) is 1.00. The van der Waals surface area contributed by atoms with Crippen LogP contribution in [0.1, 0.15) is 13.3 Å². The minimum atomic E-state index is -2.62. The maximum Gasteiger partial charge on any atom is 0.262 e. The lowest BCUT2D eigenvalue weighted by Crippen LogP contribution is -2.57. The Bertz CT molecular complexity index is 120. The van der Waals surface area contributed by atoms with Crippen molar-refractivity contribution in [1.29, 1.82) is 0 Å². The summed E-state index contributed by atoms with van der Waals surface area (Å²) in [5.74, 6) is -2.62. The Kier molecular flexibility index (Phi) is 1.68. The van der Waals surface area contributed by atoms with Gasteiger partial charge in [-0.25, -0.2) is 8.78 Å². The van der Waals surface area contributed by atoms with Gasteiger partial charge in [-0.1, -0.05) is 0 Å². The molecular weight excluding hydrogens is 138 g/mol. The zero-order chi connectivity index (χ0) is 7.83. The highest BCUT2D eigenvalue weighted by molar-refractivity contribution is 4.93. The molecule has 0 spiro atoms.